The number of hydrogen-bond donors (Lipinski definition) is 1. The molecule has 0 fully saturated rings. The molecule has 0 bridgehead atoms. The van der Waals surface area contributed by atoms with E-state index < -0.39 is 0 Å². The lowest BCUT2D eigenvalue weighted by atomic mass is 10.2. The van der Waals surface area contributed by atoms with Crippen molar-refractivity contribution in [3.63, 3.8) is 0 Å². The van der Waals surface area contributed by atoms with E-state index >= 15 is 0 Å². The van der Waals surface area contributed by atoms with Crippen molar-refractivity contribution in [2.75, 3.05) is 11.6 Å². The quantitative estimate of drug-likeness (QED) is 0.524. The molecule has 0 radical (unpaired) electrons. The van der Waals surface area contributed by atoms with Gasteiger partial charge in [-0.3, -0.25) is 0 Å². The first kappa shape index (κ1) is 8.57. The lowest BCUT2D eigenvalue weighted by molar-refractivity contribution is 0.892. The molecule has 0 aromatic heterocycles. The molecule has 62 valence electrons. The standard InChI is InChI=1S/C9H11N3/c1-2-12(11)9-5-3-8(7-10)4-6-9/h3-6H,2,11H2,1H3. The van der Waals surface area contributed by atoms with Crippen molar-refractivity contribution in [1.82, 2.24) is 0 Å². The number of nitrogens with zero attached hydrogens (tertiary/aromatic N) is 2. The van der Waals surface area contributed by atoms with Crippen LogP contribution in [-0.2, 0) is 0 Å². The van der Waals surface area contributed by atoms with Crippen LogP contribution in [0.5, 0.6) is 0 Å². The summed E-state index contributed by atoms with van der Waals surface area (Å²) in [4.78, 5) is 0. The van der Waals surface area contributed by atoms with Gasteiger partial charge < -0.3 is 5.01 Å². The number of nitriles is 1. The van der Waals surface area contributed by atoms with E-state index in [2.05, 4.69) is 6.07 Å². The predicted molar refractivity (Wildman–Crippen MR) is 48.4 cm³/mol. The molecule has 0 saturated carbocycles. The maximum Gasteiger partial charge on any atom is 0.0991 e. The third kappa shape index (κ3) is 1.74. The summed E-state index contributed by atoms with van der Waals surface area (Å²) in [5.41, 5.74) is 1.58. The Bertz CT molecular complexity index is 284. The number of anilines is 1. The van der Waals surface area contributed by atoms with Gasteiger partial charge in [-0.1, -0.05) is 0 Å². The molecule has 1 rings (SSSR count). The van der Waals surface area contributed by atoms with E-state index in [1.54, 1.807) is 17.1 Å². The van der Waals surface area contributed by atoms with E-state index in [1.165, 1.54) is 0 Å². The molecule has 0 aliphatic rings. The van der Waals surface area contributed by atoms with E-state index in [0.717, 1.165) is 12.2 Å². The SMILES string of the molecule is CCN(N)c1ccc(C#N)cc1. The first-order valence-corrected chi connectivity index (χ1v) is 3.80. The molecule has 12 heavy (non-hydrogen) atoms. The fraction of sp³-hybridized carbons (Fsp3) is 0.222. The highest BCUT2D eigenvalue weighted by atomic mass is 15.4. The Morgan fingerprint density at radius 3 is 2.42 bits per heavy atom. The summed E-state index contributed by atoms with van der Waals surface area (Å²) in [6.07, 6.45) is 0. The van der Waals surface area contributed by atoms with Crippen LogP contribution in [0.4, 0.5) is 5.69 Å². The molecule has 1 aromatic rings. The normalized spacial score (nSPS) is 9.08. The van der Waals surface area contributed by atoms with Crippen LogP contribution in [0, 0.1) is 11.3 Å². The molecule has 2 N–H and O–H groups in total. The molecule has 0 aliphatic heterocycles. The van der Waals surface area contributed by atoms with Crippen LogP contribution >= 0.6 is 0 Å². The predicted octanol–water partition coefficient (Wildman–Crippen LogP) is 1.26. The topological polar surface area (TPSA) is 53.0 Å². The molecule has 0 spiro atoms. The molecule has 0 atom stereocenters. The van der Waals surface area contributed by atoms with Crippen LogP contribution in [0.15, 0.2) is 24.3 Å². The van der Waals surface area contributed by atoms with Gasteiger partial charge in [0.2, 0.25) is 0 Å². The molecule has 3 nitrogen and oxygen atoms in total. The number of nitrogens with two attached hydrogens (primary N) is 1. The Hall–Kier alpha value is -1.53. The minimum atomic E-state index is 0.656. The van der Waals surface area contributed by atoms with Gasteiger partial charge in [-0.2, -0.15) is 5.26 Å². The Balaban J connectivity index is 2.86. The monoisotopic (exact) mass is 161 g/mol. The van der Waals surface area contributed by atoms with E-state index in [1.807, 2.05) is 19.1 Å². The maximum atomic E-state index is 8.53. The van der Waals surface area contributed by atoms with Gasteiger partial charge in [0.05, 0.1) is 17.3 Å². The zero-order valence-electron chi connectivity index (χ0n) is 6.99. The first-order chi connectivity index (χ1) is 5.77. The van der Waals surface area contributed by atoms with Crippen molar-refractivity contribution in [2.24, 2.45) is 5.84 Å². The fourth-order valence-corrected chi connectivity index (χ4v) is 0.910. The van der Waals surface area contributed by atoms with Crippen molar-refractivity contribution in [1.29, 1.82) is 5.26 Å². The number of hydrazine groups is 1. The van der Waals surface area contributed by atoms with E-state index in [0.29, 0.717) is 5.56 Å². The van der Waals surface area contributed by atoms with Gasteiger partial charge in [0.15, 0.2) is 0 Å². The summed E-state index contributed by atoms with van der Waals surface area (Å²) in [7, 11) is 0. The van der Waals surface area contributed by atoms with Crippen LogP contribution in [0.3, 0.4) is 0 Å². The van der Waals surface area contributed by atoms with Gasteiger partial charge in [0.25, 0.3) is 0 Å². The highest BCUT2D eigenvalue weighted by Gasteiger charge is 1.96. The van der Waals surface area contributed by atoms with Gasteiger partial charge >= 0.3 is 0 Å². The summed E-state index contributed by atoms with van der Waals surface area (Å²) in [5.74, 6) is 5.64. The average Bonchev–Trinajstić information content (AvgIpc) is 2.17. The van der Waals surface area contributed by atoms with Crippen molar-refractivity contribution in [3.8, 4) is 6.07 Å². The van der Waals surface area contributed by atoms with Gasteiger partial charge in [-0.05, 0) is 31.2 Å². The zero-order chi connectivity index (χ0) is 8.97. The van der Waals surface area contributed by atoms with Crippen molar-refractivity contribution < 1.29 is 0 Å². The Kier molecular flexibility index (Phi) is 2.67. The van der Waals surface area contributed by atoms with E-state index in [4.69, 9.17) is 11.1 Å². The highest BCUT2D eigenvalue weighted by Crippen LogP contribution is 2.10. The number of benzene rings is 1. The van der Waals surface area contributed by atoms with E-state index in [9.17, 15) is 0 Å². The van der Waals surface area contributed by atoms with Gasteiger partial charge in [-0.15, -0.1) is 0 Å². The third-order valence-corrected chi connectivity index (χ3v) is 1.67. The Morgan fingerprint density at radius 2 is 2.00 bits per heavy atom. The minimum absolute atomic E-state index is 0.656. The molecule has 3 heteroatoms. The molecular weight excluding hydrogens is 150 g/mol. The largest absolute Gasteiger partial charge is 0.311 e. The van der Waals surface area contributed by atoms with Gasteiger partial charge in [-0.25, -0.2) is 5.84 Å². The second kappa shape index (κ2) is 3.74. The van der Waals surface area contributed by atoms with E-state index in [-0.39, 0.29) is 0 Å². The summed E-state index contributed by atoms with van der Waals surface area (Å²) in [6, 6.07) is 9.23. The van der Waals surface area contributed by atoms with Crippen LogP contribution in [0.2, 0.25) is 0 Å². The number of rotatable bonds is 2. The highest BCUT2D eigenvalue weighted by molar-refractivity contribution is 5.48. The first-order valence-electron chi connectivity index (χ1n) is 3.80. The molecule has 0 amide bonds. The Labute approximate surface area is 72.0 Å². The second-order valence-corrected chi connectivity index (χ2v) is 2.44. The fourth-order valence-electron chi connectivity index (χ4n) is 0.910. The second-order valence-electron chi connectivity index (χ2n) is 2.44. The zero-order valence-corrected chi connectivity index (χ0v) is 6.99. The lowest BCUT2D eigenvalue weighted by Crippen LogP contribution is -2.29. The molecule has 1 aromatic carbocycles. The summed E-state index contributed by atoms with van der Waals surface area (Å²) in [6.45, 7) is 2.73. The molecule has 0 unspecified atom stereocenters. The van der Waals surface area contributed by atoms with Crippen LogP contribution < -0.4 is 10.9 Å². The summed E-state index contributed by atoms with van der Waals surface area (Å²) in [5, 5.41) is 10.2. The lowest BCUT2D eigenvalue weighted by Gasteiger charge is -2.15. The Morgan fingerprint density at radius 1 is 1.42 bits per heavy atom. The van der Waals surface area contributed by atoms with Crippen molar-refractivity contribution >= 4 is 5.69 Å². The van der Waals surface area contributed by atoms with Crippen LogP contribution in [0.25, 0.3) is 0 Å². The molecule has 0 saturated heterocycles. The summed E-state index contributed by atoms with van der Waals surface area (Å²) >= 11 is 0. The third-order valence-electron chi connectivity index (χ3n) is 1.67. The maximum absolute atomic E-state index is 8.53. The van der Waals surface area contributed by atoms with Crippen molar-refractivity contribution in [3.05, 3.63) is 29.8 Å². The molecular formula is C9H11N3. The average molecular weight is 161 g/mol. The van der Waals surface area contributed by atoms with Crippen LogP contribution in [0.1, 0.15) is 12.5 Å². The van der Waals surface area contributed by atoms with Gasteiger partial charge in [0, 0.05) is 6.54 Å². The van der Waals surface area contributed by atoms with Crippen LogP contribution in [-0.4, -0.2) is 6.54 Å². The summed E-state index contributed by atoms with van der Waals surface area (Å²) < 4.78 is 0. The van der Waals surface area contributed by atoms with Crippen molar-refractivity contribution in [2.45, 2.75) is 6.92 Å². The molecule has 0 heterocycles. The number of hydrogen-bond acceptors (Lipinski definition) is 3. The van der Waals surface area contributed by atoms with Gasteiger partial charge in [0.1, 0.15) is 0 Å². The molecule has 0 aliphatic carbocycles. The smallest absolute Gasteiger partial charge is 0.0991 e. The minimum Gasteiger partial charge on any atom is -0.311 e.